The Bertz CT molecular complexity index is 717. The fraction of sp³-hybridized carbons (Fsp3) is 0.733. The van der Waals surface area contributed by atoms with Gasteiger partial charge in [-0.1, -0.05) is 5.16 Å². The summed E-state index contributed by atoms with van der Waals surface area (Å²) in [6.07, 6.45) is -2.61. The van der Waals surface area contributed by atoms with Gasteiger partial charge in [-0.25, -0.2) is 8.42 Å². The predicted octanol–water partition coefficient (Wildman–Crippen LogP) is 0.666. The number of sulfonamides is 1. The van der Waals surface area contributed by atoms with Crippen molar-refractivity contribution in [2.45, 2.75) is 18.3 Å². The molecule has 0 radical (unpaired) electrons. The third-order valence-corrected chi connectivity index (χ3v) is 5.79. The SMILES string of the molecule is CN=C(NCCCOCC(F)(F)F)N1CCN(S(=O)(=O)Cc2ccon2)CC1. The third kappa shape index (κ3) is 7.28. The van der Waals surface area contributed by atoms with Crippen molar-refractivity contribution in [3.63, 3.8) is 0 Å². The van der Waals surface area contributed by atoms with Crippen LogP contribution in [0, 0.1) is 0 Å². The first-order valence-corrected chi connectivity index (χ1v) is 10.3. The maximum atomic E-state index is 12.4. The molecule has 13 heteroatoms. The molecule has 2 rings (SSSR count). The van der Waals surface area contributed by atoms with Gasteiger partial charge in [0.15, 0.2) is 5.96 Å². The lowest BCUT2D eigenvalue weighted by Crippen LogP contribution is -2.54. The second-order valence-corrected chi connectivity index (χ2v) is 8.10. The Morgan fingerprint density at radius 1 is 1.36 bits per heavy atom. The molecule has 0 saturated carbocycles. The Morgan fingerprint density at radius 3 is 2.64 bits per heavy atom. The average Bonchev–Trinajstić information content (AvgIpc) is 3.13. The molecule has 0 aliphatic carbocycles. The van der Waals surface area contributed by atoms with Gasteiger partial charge in [-0.15, -0.1) is 0 Å². The van der Waals surface area contributed by atoms with Crippen molar-refractivity contribution < 1.29 is 30.8 Å². The van der Waals surface area contributed by atoms with Crippen LogP contribution in [0.25, 0.3) is 0 Å². The number of hydrogen-bond donors (Lipinski definition) is 1. The van der Waals surface area contributed by atoms with Crippen LogP contribution >= 0.6 is 0 Å². The van der Waals surface area contributed by atoms with Gasteiger partial charge in [0.05, 0.1) is 5.69 Å². The monoisotopic (exact) mass is 427 g/mol. The first-order valence-electron chi connectivity index (χ1n) is 8.68. The summed E-state index contributed by atoms with van der Waals surface area (Å²) in [7, 11) is -1.89. The molecule has 0 atom stereocenters. The van der Waals surface area contributed by atoms with Crippen LogP contribution in [-0.4, -0.2) is 87.9 Å². The van der Waals surface area contributed by atoms with Gasteiger partial charge < -0.3 is 19.5 Å². The molecule has 1 fully saturated rings. The zero-order valence-electron chi connectivity index (χ0n) is 15.5. The normalized spacial score (nSPS) is 17.1. The number of aromatic nitrogens is 1. The molecular weight excluding hydrogens is 403 g/mol. The van der Waals surface area contributed by atoms with E-state index in [0.717, 1.165) is 0 Å². The van der Waals surface area contributed by atoms with E-state index in [9.17, 15) is 21.6 Å². The molecule has 0 spiro atoms. The second kappa shape index (κ2) is 10.1. The number of alkyl halides is 3. The fourth-order valence-electron chi connectivity index (χ4n) is 2.66. The lowest BCUT2D eigenvalue weighted by molar-refractivity contribution is -0.173. The number of guanidine groups is 1. The van der Waals surface area contributed by atoms with E-state index in [2.05, 4.69) is 24.7 Å². The number of aliphatic imine (C=N–C) groups is 1. The highest BCUT2D eigenvalue weighted by Gasteiger charge is 2.29. The predicted molar refractivity (Wildman–Crippen MR) is 95.1 cm³/mol. The van der Waals surface area contributed by atoms with Crippen LogP contribution < -0.4 is 5.32 Å². The minimum absolute atomic E-state index is 0.0163. The fourth-order valence-corrected chi connectivity index (χ4v) is 4.09. The maximum Gasteiger partial charge on any atom is 0.411 e. The number of nitrogens with one attached hydrogen (secondary N) is 1. The minimum atomic E-state index is -4.32. The van der Waals surface area contributed by atoms with Gasteiger partial charge in [-0.05, 0) is 6.42 Å². The molecule has 1 saturated heterocycles. The highest BCUT2D eigenvalue weighted by atomic mass is 32.2. The molecule has 160 valence electrons. The molecule has 1 N–H and O–H groups in total. The summed E-state index contributed by atoms with van der Waals surface area (Å²) in [5, 5.41) is 6.68. The highest BCUT2D eigenvalue weighted by molar-refractivity contribution is 7.88. The Labute approximate surface area is 161 Å². The van der Waals surface area contributed by atoms with Gasteiger partial charge in [-0.3, -0.25) is 4.99 Å². The lowest BCUT2D eigenvalue weighted by Gasteiger charge is -2.35. The number of rotatable bonds is 8. The highest BCUT2D eigenvalue weighted by Crippen LogP contribution is 2.14. The summed E-state index contributed by atoms with van der Waals surface area (Å²) < 4.78 is 71.4. The zero-order valence-corrected chi connectivity index (χ0v) is 16.3. The van der Waals surface area contributed by atoms with Gasteiger partial charge in [0, 0.05) is 52.4 Å². The van der Waals surface area contributed by atoms with E-state index in [0.29, 0.717) is 50.8 Å². The number of halogens is 3. The molecule has 1 aliphatic rings. The van der Waals surface area contributed by atoms with Crippen molar-refractivity contribution in [3.05, 3.63) is 18.0 Å². The van der Waals surface area contributed by atoms with E-state index in [-0.39, 0.29) is 12.4 Å². The smallest absolute Gasteiger partial charge is 0.372 e. The molecule has 9 nitrogen and oxygen atoms in total. The number of nitrogens with zero attached hydrogens (tertiary/aromatic N) is 4. The summed E-state index contributed by atoms with van der Waals surface area (Å²) in [6, 6.07) is 1.51. The topological polar surface area (TPSA) is 100 Å². The molecule has 2 heterocycles. The molecule has 0 amide bonds. The van der Waals surface area contributed by atoms with Gasteiger partial charge in [0.1, 0.15) is 18.6 Å². The van der Waals surface area contributed by atoms with Crippen LogP contribution in [-0.2, 0) is 20.5 Å². The van der Waals surface area contributed by atoms with E-state index in [4.69, 9.17) is 0 Å². The van der Waals surface area contributed by atoms with Crippen LogP contribution in [0.2, 0.25) is 0 Å². The van der Waals surface area contributed by atoms with Gasteiger partial charge >= 0.3 is 6.18 Å². The number of piperazine rings is 1. The Morgan fingerprint density at radius 2 is 2.07 bits per heavy atom. The molecule has 0 aromatic carbocycles. The second-order valence-electron chi connectivity index (χ2n) is 6.13. The van der Waals surface area contributed by atoms with Crippen molar-refractivity contribution in [1.29, 1.82) is 0 Å². The molecule has 0 unspecified atom stereocenters. The van der Waals surface area contributed by atoms with Crippen molar-refractivity contribution >= 4 is 16.0 Å². The Hall–Kier alpha value is -1.86. The number of ether oxygens (including phenoxy) is 1. The molecule has 28 heavy (non-hydrogen) atoms. The van der Waals surface area contributed by atoms with Crippen LogP contribution in [0.15, 0.2) is 21.8 Å². The molecule has 1 aromatic heterocycles. The van der Waals surface area contributed by atoms with E-state index >= 15 is 0 Å². The molecule has 1 aromatic rings. The van der Waals surface area contributed by atoms with Crippen LogP contribution in [0.5, 0.6) is 0 Å². The van der Waals surface area contributed by atoms with Gasteiger partial charge in [-0.2, -0.15) is 17.5 Å². The summed E-state index contributed by atoms with van der Waals surface area (Å²) >= 11 is 0. The van der Waals surface area contributed by atoms with E-state index in [1.165, 1.54) is 16.6 Å². The molecule has 1 aliphatic heterocycles. The zero-order chi connectivity index (χ0) is 20.6. The summed E-state index contributed by atoms with van der Waals surface area (Å²) in [5.41, 5.74) is 0.354. The van der Waals surface area contributed by atoms with Crippen molar-refractivity contribution in [2.75, 3.05) is 53.0 Å². The standard InChI is InChI=1S/C15H24F3N5O4S/c1-19-14(20-4-2-9-26-12-15(16,17)18)22-5-7-23(8-6-22)28(24,25)11-13-3-10-27-21-13/h3,10H,2,4-9,11-12H2,1H3,(H,19,20). The third-order valence-electron chi connectivity index (χ3n) is 3.98. The van der Waals surface area contributed by atoms with Crippen molar-refractivity contribution in [2.24, 2.45) is 4.99 Å². The van der Waals surface area contributed by atoms with E-state index in [1.807, 2.05) is 4.90 Å². The first kappa shape index (κ1) is 22.4. The van der Waals surface area contributed by atoms with Crippen LogP contribution in [0.4, 0.5) is 13.2 Å². The van der Waals surface area contributed by atoms with Gasteiger partial charge in [0.25, 0.3) is 0 Å². The maximum absolute atomic E-state index is 12.4. The number of hydrogen-bond acceptors (Lipinski definition) is 6. The molecular formula is C15H24F3N5O4S. The molecule has 0 bridgehead atoms. The summed E-state index contributed by atoms with van der Waals surface area (Å²) in [6.45, 7) is 0.620. The Balaban J connectivity index is 1.72. The quantitative estimate of drug-likeness (QED) is 0.370. The van der Waals surface area contributed by atoms with Crippen molar-refractivity contribution in [1.82, 2.24) is 19.7 Å². The lowest BCUT2D eigenvalue weighted by atomic mass is 10.4. The van der Waals surface area contributed by atoms with E-state index < -0.39 is 22.8 Å². The average molecular weight is 427 g/mol. The van der Waals surface area contributed by atoms with Crippen molar-refractivity contribution in [3.8, 4) is 0 Å². The van der Waals surface area contributed by atoms with E-state index in [1.54, 1.807) is 7.05 Å². The first-order chi connectivity index (χ1) is 13.2. The minimum Gasteiger partial charge on any atom is -0.372 e. The van der Waals surface area contributed by atoms with Crippen LogP contribution in [0.1, 0.15) is 12.1 Å². The Kier molecular flexibility index (Phi) is 8.07. The summed E-state index contributed by atoms with van der Waals surface area (Å²) in [4.78, 5) is 6.04. The largest absolute Gasteiger partial charge is 0.411 e. The van der Waals surface area contributed by atoms with Crippen LogP contribution in [0.3, 0.4) is 0 Å². The van der Waals surface area contributed by atoms with Gasteiger partial charge in [0.2, 0.25) is 10.0 Å². The summed E-state index contributed by atoms with van der Waals surface area (Å²) in [5.74, 6) is 0.360.